The predicted octanol–water partition coefficient (Wildman–Crippen LogP) is 3.35. The van der Waals surface area contributed by atoms with E-state index >= 15 is 0 Å². The highest BCUT2D eigenvalue weighted by molar-refractivity contribution is 6.03. The van der Waals surface area contributed by atoms with Gasteiger partial charge in [-0.15, -0.1) is 0 Å². The number of para-hydroxylation sites is 1. The Morgan fingerprint density at radius 1 is 1.05 bits per heavy atom. The van der Waals surface area contributed by atoms with Crippen molar-refractivity contribution in [1.29, 1.82) is 0 Å². The molecule has 0 aliphatic heterocycles. The molecule has 0 bridgehead atoms. The minimum Gasteiger partial charge on any atom is -0.352 e. The number of carbonyl (C=O) groups is 2. The Morgan fingerprint density at radius 3 is 2.50 bits per heavy atom. The Balaban J connectivity index is 2.65. The van der Waals surface area contributed by atoms with Crippen molar-refractivity contribution in [2.24, 2.45) is 0 Å². The third-order valence-electron chi connectivity index (χ3n) is 2.99. The summed E-state index contributed by atoms with van der Waals surface area (Å²) in [4.78, 5) is 23.8. The summed E-state index contributed by atoms with van der Waals surface area (Å²) in [5.74, 6) is -0.175. The maximum absolute atomic E-state index is 12.0. The monoisotopic (exact) mass is 276 g/mol. The minimum atomic E-state index is -0.142. The number of amides is 2. The van der Waals surface area contributed by atoms with Crippen LogP contribution >= 0.6 is 0 Å². The Bertz CT molecular complexity index is 444. The van der Waals surface area contributed by atoms with E-state index in [1.165, 1.54) is 0 Å². The van der Waals surface area contributed by atoms with Crippen molar-refractivity contribution in [3.05, 3.63) is 29.8 Å². The standard InChI is InChI=1S/C16H24N2O2/c1-3-5-6-11-15(19)18-14-10-8-7-9-13(14)16(20)17-12-4-2/h7-10H,3-6,11-12H2,1-2H3,(H,17,20)(H,18,19). The second-order valence-corrected chi connectivity index (χ2v) is 4.81. The summed E-state index contributed by atoms with van der Waals surface area (Å²) in [6.07, 6.45) is 4.40. The van der Waals surface area contributed by atoms with Crippen molar-refractivity contribution in [2.75, 3.05) is 11.9 Å². The van der Waals surface area contributed by atoms with Crippen LogP contribution in [0.2, 0.25) is 0 Å². The van der Waals surface area contributed by atoms with Crippen LogP contribution in [0.15, 0.2) is 24.3 Å². The smallest absolute Gasteiger partial charge is 0.253 e. The maximum Gasteiger partial charge on any atom is 0.253 e. The van der Waals surface area contributed by atoms with E-state index in [2.05, 4.69) is 17.6 Å². The van der Waals surface area contributed by atoms with Gasteiger partial charge in [-0.2, -0.15) is 0 Å². The molecule has 0 saturated heterocycles. The van der Waals surface area contributed by atoms with E-state index in [0.29, 0.717) is 24.2 Å². The van der Waals surface area contributed by atoms with Gasteiger partial charge in [0.1, 0.15) is 0 Å². The van der Waals surface area contributed by atoms with E-state index in [0.717, 1.165) is 25.7 Å². The third kappa shape index (κ3) is 5.43. The topological polar surface area (TPSA) is 58.2 Å². The van der Waals surface area contributed by atoms with Gasteiger partial charge >= 0.3 is 0 Å². The van der Waals surface area contributed by atoms with Crippen molar-refractivity contribution in [1.82, 2.24) is 5.32 Å². The molecular weight excluding hydrogens is 252 g/mol. The minimum absolute atomic E-state index is 0.0332. The molecule has 0 fully saturated rings. The fourth-order valence-corrected chi connectivity index (χ4v) is 1.87. The summed E-state index contributed by atoms with van der Waals surface area (Å²) in [5, 5.41) is 5.65. The van der Waals surface area contributed by atoms with Crippen LogP contribution in [0.3, 0.4) is 0 Å². The van der Waals surface area contributed by atoms with Gasteiger partial charge in [0.25, 0.3) is 5.91 Å². The second-order valence-electron chi connectivity index (χ2n) is 4.81. The highest BCUT2D eigenvalue weighted by atomic mass is 16.2. The first kappa shape index (κ1) is 16.2. The number of anilines is 1. The average Bonchev–Trinajstić information content (AvgIpc) is 2.45. The lowest BCUT2D eigenvalue weighted by atomic mass is 10.1. The highest BCUT2D eigenvalue weighted by Crippen LogP contribution is 2.15. The van der Waals surface area contributed by atoms with Gasteiger partial charge in [-0.25, -0.2) is 0 Å². The van der Waals surface area contributed by atoms with Crippen molar-refractivity contribution in [2.45, 2.75) is 46.0 Å². The number of hydrogen-bond acceptors (Lipinski definition) is 2. The van der Waals surface area contributed by atoms with Crippen LogP contribution in [-0.2, 0) is 4.79 Å². The van der Waals surface area contributed by atoms with Gasteiger partial charge < -0.3 is 10.6 Å². The van der Waals surface area contributed by atoms with Gasteiger partial charge in [-0.3, -0.25) is 9.59 Å². The predicted molar refractivity (Wildman–Crippen MR) is 81.8 cm³/mol. The van der Waals surface area contributed by atoms with Gasteiger partial charge in [0.05, 0.1) is 11.3 Å². The Kier molecular flexibility index (Phi) is 7.40. The molecule has 4 nitrogen and oxygen atoms in total. The molecule has 4 heteroatoms. The Labute approximate surface area is 121 Å². The first-order valence-electron chi connectivity index (χ1n) is 7.36. The molecule has 0 heterocycles. The van der Waals surface area contributed by atoms with E-state index in [1.54, 1.807) is 18.2 Å². The van der Waals surface area contributed by atoms with Crippen molar-refractivity contribution in [3.63, 3.8) is 0 Å². The number of carbonyl (C=O) groups excluding carboxylic acids is 2. The number of rotatable bonds is 8. The Hall–Kier alpha value is -1.84. The SMILES string of the molecule is CCCCCC(=O)Nc1ccccc1C(=O)NCCC. The zero-order valence-electron chi connectivity index (χ0n) is 12.4. The first-order valence-corrected chi connectivity index (χ1v) is 7.36. The molecular formula is C16H24N2O2. The lowest BCUT2D eigenvalue weighted by Gasteiger charge is -2.11. The number of unbranched alkanes of at least 4 members (excludes halogenated alkanes) is 2. The largest absolute Gasteiger partial charge is 0.352 e. The first-order chi connectivity index (χ1) is 9.69. The third-order valence-corrected chi connectivity index (χ3v) is 2.99. The van der Waals surface area contributed by atoms with E-state index in [4.69, 9.17) is 0 Å². The van der Waals surface area contributed by atoms with Gasteiger partial charge in [-0.1, -0.05) is 38.8 Å². The van der Waals surface area contributed by atoms with Crippen LogP contribution in [0, 0.1) is 0 Å². The summed E-state index contributed by atoms with van der Waals surface area (Å²) in [5.41, 5.74) is 1.10. The molecule has 1 aromatic rings. The molecule has 0 radical (unpaired) electrons. The number of benzene rings is 1. The van der Waals surface area contributed by atoms with Gasteiger partial charge in [0, 0.05) is 13.0 Å². The van der Waals surface area contributed by atoms with Crippen molar-refractivity contribution < 1.29 is 9.59 Å². The van der Waals surface area contributed by atoms with Crippen LogP contribution in [0.4, 0.5) is 5.69 Å². The molecule has 0 unspecified atom stereocenters. The van der Waals surface area contributed by atoms with Crippen LogP contribution in [0.1, 0.15) is 56.3 Å². The Morgan fingerprint density at radius 2 is 1.80 bits per heavy atom. The molecule has 1 aromatic carbocycles. The van der Waals surface area contributed by atoms with Crippen molar-refractivity contribution in [3.8, 4) is 0 Å². The molecule has 2 N–H and O–H groups in total. The van der Waals surface area contributed by atoms with E-state index in [9.17, 15) is 9.59 Å². The van der Waals surface area contributed by atoms with Gasteiger partial charge in [0.2, 0.25) is 5.91 Å². The van der Waals surface area contributed by atoms with Crippen molar-refractivity contribution >= 4 is 17.5 Å². The van der Waals surface area contributed by atoms with Crippen LogP contribution < -0.4 is 10.6 Å². The summed E-state index contributed by atoms with van der Waals surface area (Å²) in [6, 6.07) is 7.11. The number of nitrogens with one attached hydrogen (secondary N) is 2. The summed E-state index contributed by atoms with van der Waals surface area (Å²) in [6.45, 7) is 4.74. The number of hydrogen-bond donors (Lipinski definition) is 2. The highest BCUT2D eigenvalue weighted by Gasteiger charge is 2.12. The molecule has 0 aromatic heterocycles. The van der Waals surface area contributed by atoms with Crippen LogP contribution in [0.25, 0.3) is 0 Å². The zero-order valence-corrected chi connectivity index (χ0v) is 12.4. The quantitative estimate of drug-likeness (QED) is 0.715. The van der Waals surface area contributed by atoms with E-state index in [1.807, 2.05) is 13.0 Å². The fourth-order valence-electron chi connectivity index (χ4n) is 1.87. The maximum atomic E-state index is 12.0. The fraction of sp³-hybridized carbons (Fsp3) is 0.500. The summed E-state index contributed by atoms with van der Waals surface area (Å²) < 4.78 is 0. The summed E-state index contributed by atoms with van der Waals surface area (Å²) in [7, 11) is 0. The zero-order chi connectivity index (χ0) is 14.8. The molecule has 0 spiro atoms. The average molecular weight is 276 g/mol. The molecule has 0 atom stereocenters. The van der Waals surface area contributed by atoms with Crippen LogP contribution in [0.5, 0.6) is 0 Å². The molecule has 0 aliphatic rings. The molecule has 0 aliphatic carbocycles. The van der Waals surface area contributed by atoms with Crippen LogP contribution in [-0.4, -0.2) is 18.4 Å². The van der Waals surface area contributed by atoms with Gasteiger partial charge in [-0.05, 0) is 25.0 Å². The lowest BCUT2D eigenvalue weighted by Crippen LogP contribution is -2.25. The molecule has 0 saturated carbocycles. The molecule has 2 amide bonds. The van der Waals surface area contributed by atoms with E-state index in [-0.39, 0.29) is 11.8 Å². The molecule has 20 heavy (non-hydrogen) atoms. The van der Waals surface area contributed by atoms with E-state index < -0.39 is 0 Å². The molecule has 110 valence electrons. The second kappa shape index (κ2) is 9.13. The lowest BCUT2D eigenvalue weighted by molar-refractivity contribution is -0.116. The van der Waals surface area contributed by atoms with Gasteiger partial charge in [0.15, 0.2) is 0 Å². The summed E-state index contributed by atoms with van der Waals surface area (Å²) >= 11 is 0. The normalized spacial score (nSPS) is 10.1. The molecule has 1 rings (SSSR count).